The normalized spacial score (nSPS) is 11.8. The van der Waals surface area contributed by atoms with Crippen molar-refractivity contribution in [2.75, 3.05) is 0 Å². The number of rotatable bonds is 7. The van der Waals surface area contributed by atoms with Crippen LogP contribution >= 0.6 is 23.0 Å². The fourth-order valence-corrected chi connectivity index (χ4v) is 5.61. The summed E-state index contributed by atoms with van der Waals surface area (Å²) in [5.74, 6) is 0. The van der Waals surface area contributed by atoms with Crippen LogP contribution in [0.25, 0.3) is 44.8 Å². The van der Waals surface area contributed by atoms with Crippen LogP contribution in [0.15, 0.2) is 119 Å². The van der Waals surface area contributed by atoms with E-state index in [0.717, 1.165) is 33.4 Å². The molecule has 0 bridgehead atoms. The summed E-state index contributed by atoms with van der Waals surface area (Å²) in [5, 5.41) is 0. The Labute approximate surface area is 239 Å². The monoisotopic (exact) mass is 670 g/mol. The molecule has 0 atom stereocenters. The Kier molecular flexibility index (Phi) is 7.60. The molecule has 0 unspecified atom stereocenters. The van der Waals surface area contributed by atoms with E-state index in [1.807, 2.05) is 48.5 Å². The van der Waals surface area contributed by atoms with Crippen molar-refractivity contribution in [1.29, 1.82) is 0 Å². The maximum absolute atomic E-state index is 11.8. The van der Waals surface area contributed by atoms with Crippen molar-refractivity contribution in [3.8, 4) is 44.8 Å². The largest absolute Gasteiger partial charge is 0.306 e. The lowest BCUT2D eigenvalue weighted by Gasteiger charge is -2.07. The highest BCUT2D eigenvalue weighted by molar-refractivity contribution is 14.1. The van der Waals surface area contributed by atoms with Crippen molar-refractivity contribution in [1.82, 2.24) is 9.97 Å². The molecule has 0 aliphatic rings. The van der Waals surface area contributed by atoms with Gasteiger partial charge in [-0.2, -0.15) is 19.3 Å². The van der Waals surface area contributed by atoms with Gasteiger partial charge in [0.25, 0.3) is 10.1 Å². The van der Waals surface area contributed by atoms with Gasteiger partial charge in [-0.15, -0.1) is 0 Å². The molecule has 0 saturated heterocycles. The zero-order valence-corrected chi connectivity index (χ0v) is 23.8. The first-order chi connectivity index (χ1) is 18.6. The van der Waals surface area contributed by atoms with E-state index in [9.17, 15) is 16.8 Å². The number of hydrogen-bond donors (Lipinski definition) is 1. The van der Waals surface area contributed by atoms with Crippen molar-refractivity contribution in [3.63, 3.8) is 0 Å². The Hall–Kier alpha value is -3.49. The van der Waals surface area contributed by atoms with Crippen molar-refractivity contribution in [3.05, 3.63) is 109 Å². The molecule has 1 aromatic heterocycles. The molecule has 0 aliphatic carbocycles. The number of halogens is 1. The number of nitrogens with zero attached hydrogens (tertiary/aromatic N) is 2. The first-order valence-corrected chi connectivity index (χ1v) is 15.1. The Bertz CT molecular complexity index is 1830. The van der Waals surface area contributed by atoms with Crippen LogP contribution in [0.4, 0.5) is 0 Å². The maximum atomic E-state index is 11.8. The van der Waals surface area contributed by atoms with Crippen LogP contribution in [0.2, 0.25) is 0 Å². The van der Waals surface area contributed by atoms with Crippen LogP contribution in [0.1, 0.15) is 0 Å². The predicted octanol–water partition coefficient (Wildman–Crippen LogP) is 6.45. The summed E-state index contributed by atoms with van der Waals surface area (Å²) in [6.45, 7) is 0. The van der Waals surface area contributed by atoms with E-state index in [4.69, 9.17) is 4.55 Å². The summed E-state index contributed by atoms with van der Waals surface area (Å²) in [5.41, 5.74) is 6.67. The fourth-order valence-electron chi connectivity index (χ4n) is 3.96. The van der Waals surface area contributed by atoms with Crippen molar-refractivity contribution >= 4 is 43.2 Å². The van der Waals surface area contributed by atoms with Gasteiger partial charge in [-0.1, -0.05) is 72.8 Å². The summed E-state index contributed by atoms with van der Waals surface area (Å²) in [4.78, 5) is 9.07. The molecule has 0 aliphatic heterocycles. The van der Waals surface area contributed by atoms with Crippen molar-refractivity contribution in [2.24, 2.45) is 0 Å². The molecule has 1 N–H and O–H groups in total. The molecule has 0 radical (unpaired) electrons. The van der Waals surface area contributed by atoms with Crippen molar-refractivity contribution < 1.29 is 23.9 Å². The van der Waals surface area contributed by atoms with E-state index in [1.54, 1.807) is 36.7 Å². The Morgan fingerprint density at radius 3 is 1.13 bits per heavy atom. The van der Waals surface area contributed by atoms with E-state index < -0.39 is 20.2 Å². The minimum absolute atomic E-state index is 0.0941. The minimum atomic E-state index is -4.23. The number of hydrogen-bond acceptors (Lipinski definition) is 7. The maximum Gasteiger partial charge on any atom is 0.306 e. The van der Waals surface area contributed by atoms with Gasteiger partial charge in [-0.3, -0.25) is 14.5 Å². The summed E-state index contributed by atoms with van der Waals surface area (Å²) >= 11 is 1.35. The molecule has 5 rings (SSSR count). The summed E-state index contributed by atoms with van der Waals surface area (Å²) in [6, 6.07) is 27.8. The van der Waals surface area contributed by atoms with Crippen LogP contribution in [0.5, 0.6) is 0 Å². The molecule has 11 heteroatoms. The molecule has 0 amide bonds. The van der Waals surface area contributed by atoms with Gasteiger partial charge in [-0.25, -0.2) is 0 Å². The lowest BCUT2D eigenvalue weighted by atomic mass is 10.0. The van der Waals surface area contributed by atoms with Crippen LogP contribution in [0.3, 0.4) is 0 Å². The zero-order chi connectivity index (χ0) is 27.6. The molecule has 1 heterocycles. The van der Waals surface area contributed by atoms with Gasteiger partial charge in [0.05, 0.1) is 33.6 Å². The van der Waals surface area contributed by atoms with E-state index in [-0.39, 0.29) is 9.79 Å². The molecule has 39 heavy (non-hydrogen) atoms. The van der Waals surface area contributed by atoms with Gasteiger partial charge in [0.15, 0.2) is 0 Å². The summed E-state index contributed by atoms with van der Waals surface area (Å²) < 4.78 is 59.8. The molecule has 0 saturated carbocycles. The minimum Gasteiger partial charge on any atom is -0.282 e. The smallest absolute Gasteiger partial charge is 0.282 e. The van der Waals surface area contributed by atoms with E-state index in [0.29, 0.717) is 11.4 Å². The third-order valence-corrected chi connectivity index (χ3v) is 9.36. The number of benzene rings is 4. The molecule has 8 nitrogen and oxygen atoms in total. The highest BCUT2D eigenvalue weighted by Gasteiger charge is 2.14. The van der Waals surface area contributed by atoms with E-state index in [1.165, 1.54) is 47.3 Å². The zero-order valence-electron chi connectivity index (χ0n) is 20.0. The molecule has 4 aromatic carbocycles. The lowest BCUT2D eigenvalue weighted by molar-refractivity contribution is 0.483. The second-order valence-corrected chi connectivity index (χ2v) is 12.5. The van der Waals surface area contributed by atoms with E-state index >= 15 is 0 Å². The Morgan fingerprint density at radius 2 is 0.821 bits per heavy atom. The fraction of sp³-hybridized carbons (Fsp3) is 0. The first-order valence-electron chi connectivity index (χ1n) is 11.4. The number of aromatic nitrogens is 2. The second kappa shape index (κ2) is 10.9. The molecular weight excluding hydrogens is 651 g/mol. The first kappa shape index (κ1) is 27.1. The predicted molar refractivity (Wildman–Crippen MR) is 156 cm³/mol. The average molecular weight is 671 g/mol. The molecule has 5 aromatic rings. The second-order valence-electron chi connectivity index (χ2n) is 8.48. The molecule has 0 fully saturated rings. The topological polar surface area (TPSA) is 124 Å². The molecule has 196 valence electrons. The average Bonchev–Trinajstić information content (AvgIpc) is 2.97. The van der Waals surface area contributed by atoms with Gasteiger partial charge in [0.1, 0.15) is 23.0 Å². The standard InChI is InChI=1S/C28H19IN2O6S2/c29-37-39(35,36)26-15-11-22(12-16-26)20-3-7-24(8-4-20)28-18-30-27(17-31-28)23-5-1-19(2-6-23)21-9-13-25(14-10-21)38(32,33)34/h1-18H,(H,32,33,34). The Balaban J connectivity index is 1.29. The summed E-state index contributed by atoms with van der Waals surface area (Å²) in [7, 11) is -7.97. The SMILES string of the molecule is O=S(=O)(O)c1ccc(-c2ccc(-c3cnc(-c4ccc(-c5ccc(S(=O)(=O)OI)cc5)cc4)cn3)cc2)cc1. The van der Waals surface area contributed by atoms with E-state index in [2.05, 4.69) is 12.5 Å². The van der Waals surface area contributed by atoms with Gasteiger partial charge < -0.3 is 0 Å². The Morgan fingerprint density at radius 1 is 0.513 bits per heavy atom. The van der Waals surface area contributed by atoms with Gasteiger partial charge >= 0.3 is 10.1 Å². The highest BCUT2D eigenvalue weighted by Crippen LogP contribution is 2.28. The van der Waals surface area contributed by atoms with Crippen LogP contribution in [0, 0.1) is 0 Å². The third-order valence-electron chi connectivity index (χ3n) is 6.06. The third kappa shape index (κ3) is 6.07. The molecular formula is C28H19IN2O6S2. The lowest BCUT2D eigenvalue weighted by Crippen LogP contribution is -1.98. The highest BCUT2D eigenvalue weighted by atomic mass is 127. The van der Waals surface area contributed by atoms with Crippen LogP contribution < -0.4 is 0 Å². The van der Waals surface area contributed by atoms with Gasteiger partial charge in [0.2, 0.25) is 0 Å². The molecule has 0 spiro atoms. The van der Waals surface area contributed by atoms with Gasteiger partial charge in [0, 0.05) is 11.1 Å². The van der Waals surface area contributed by atoms with Crippen LogP contribution in [-0.4, -0.2) is 31.4 Å². The van der Waals surface area contributed by atoms with Crippen molar-refractivity contribution in [2.45, 2.75) is 9.79 Å². The van der Waals surface area contributed by atoms with Gasteiger partial charge in [-0.05, 0) is 46.5 Å². The van der Waals surface area contributed by atoms with Crippen LogP contribution in [-0.2, 0) is 22.7 Å². The summed E-state index contributed by atoms with van der Waals surface area (Å²) in [6.07, 6.45) is 3.41. The quantitative estimate of drug-likeness (QED) is 0.155.